The van der Waals surface area contributed by atoms with Crippen LogP contribution in [0.25, 0.3) is 0 Å². The van der Waals surface area contributed by atoms with Gasteiger partial charge in [0.05, 0.1) is 5.41 Å². The van der Waals surface area contributed by atoms with Crippen LogP contribution in [0.3, 0.4) is 0 Å². The number of rotatable bonds is 0. The SMILES string of the molecule is C[C@]12CCC(=O)C=C1C=C[C@@H]1[C@@H]2CC[C@]2(C)C(=O)NC[C@@H]12. The number of nitrogens with one attached hydrogen (secondary N) is 1. The number of hydrogen-bond acceptors (Lipinski definition) is 2. The molecule has 21 heavy (non-hydrogen) atoms. The average Bonchev–Trinajstić information content (AvgIpc) is 2.76. The molecule has 0 aromatic carbocycles. The molecule has 0 radical (unpaired) electrons. The molecule has 3 heteroatoms. The minimum atomic E-state index is -0.187. The van der Waals surface area contributed by atoms with Crippen molar-refractivity contribution in [2.75, 3.05) is 6.54 Å². The Kier molecular flexibility index (Phi) is 2.59. The lowest BCUT2D eigenvalue weighted by Crippen LogP contribution is -2.49. The number of fused-ring (bicyclic) bond motifs is 5. The quantitative estimate of drug-likeness (QED) is 0.743. The van der Waals surface area contributed by atoms with E-state index in [9.17, 15) is 9.59 Å². The van der Waals surface area contributed by atoms with Gasteiger partial charge in [0, 0.05) is 13.0 Å². The molecule has 4 rings (SSSR count). The monoisotopic (exact) mass is 285 g/mol. The Morgan fingerprint density at radius 3 is 2.76 bits per heavy atom. The third-order valence-electron chi connectivity index (χ3n) is 6.91. The van der Waals surface area contributed by atoms with Crippen LogP contribution in [0, 0.1) is 28.6 Å². The number of amides is 1. The second-order valence-electron chi connectivity index (χ2n) is 7.80. The van der Waals surface area contributed by atoms with Crippen LogP contribution in [0.2, 0.25) is 0 Å². The van der Waals surface area contributed by atoms with E-state index >= 15 is 0 Å². The van der Waals surface area contributed by atoms with Gasteiger partial charge in [0.25, 0.3) is 0 Å². The van der Waals surface area contributed by atoms with E-state index in [0.717, 1.165) is 25.8 Å². The Bertz CT molecular complexity index is 590. The molecule has 0 aromatic rings. The fourth-order valence-electron chi connectivity index (χ4n) is 5.39. The Balaban J connectivity index is 1.77. The van der Waals surface area contributed by atoms with Crippen LogP contribution in [0.5, 0.6) is 0 Å². The summed E-state index contributed by atoms with van der Waals surface area (Å²) in [5, 5.41) is 3.09. The summed E-state index contributed by atoms with van der Waals surface area (Å²) >= 11 is 0. The molecule has 112 valence electrons. The summed E-state index contributed by atoms with van der Waals surface area (Å²) in [6, 6.07) is 0. The van der Waals surface area contributed by atoms with Gasteiger partial charge < -0.3 is 5.32 Å². The molecule has 0 unspecified atom stereocenters. The number of ketones is 1. The molecule has 1 saturated heterocycles. The van der Waals surface area contributed by atoms with Gasteiger partial charge in [-0.2, -0.15) is 0 Å². The first-order valence-electron chi connectivity index (χ1n) is 8.17. The molecule has 1 N–H and O–H groups in total. The molecule has 0 aromatic heterocycles. The third-order valence-corrected chi connectivity index (χ3v) is 6.91. The molecule has 0 bridgehead atoms. The summed E-state index contributed by atoms with van der Waals surface area (Å²) in [6.45, 7) is 5.29. The summed E-state index contributed by atoms with van der Waals surface area (Å²) in [5.41, 5.74) is 1.16. The Labute approximate surface area is 125 Å². The summed E-state index contributed by atoms with van der Waals surface area (Å²) in [4.78, 5) is 24.0. The molecule has 1 saturated carbocycles. The highest BCUT2D eigenvalue weighted by Gasteiger charge is 2.58. The zero-order valence-electron chi connectivity index (χ0n) is 12.8. The predicted molar refractivity (Wildman–Crippen MR) is 80.4 cm³/mol. The molecule has 1 heterocycles. The molecular weight excluding hydrogens is 262 g/mol. The molecule has 1 aliphatic heterocycles. The number of allylic oxidation sites excluding steroid dienone is 4. The van der Waals surface area contributed by atoms with Crippen LogP contribution >= 0.6 is 0 Å². The fourth-order valence-corrected chi connectivity index (χ4v) is 5.39. The van der Waals surface area contributed by atoms with Crippen LogP contribution in [0.4, 0.5) is 0 Å². The van der Waals surface area contributed by atoms with Gasteiger partial charge >= 0.3 is 0 Å². The second-order valence-corrected chi connectivity index (χ2v) is 7.80. The summed E-state index contributed by atoms with van der Waals surface area (Å²) in [6.07, 6.45) is 10.0. The maximum Gasteiger partial charge on any atom is 0.226 e. The van der Waals surface area contributed by atoms with Gasteiger partial charge in [-0.25, -0.2) is 0 Å². The van der Waals surface area contributed by atoms with E-state index in [1.54, 1.807) is 0 Å². The van der Waals surface area contributed by atoms with Gasteiger partial charge in [0.2, 0.25) is 5.91 Å². The van der Waals surface area contributed by atoms with E-state index in [1.807, 2.05) is 6.08 Å². The Morgan fingerprint density at radius 2 is 1.95 bits per heavy atom. The summed E-state index contributed by atoms with van der Waals surface area (Å²) in [5.74, 6) is 1.97. The molecule has 0 spiro atoms. The average molecular weight is 285 g/mol. The van der Waals surface area contributed by atoms with Crippen molar-refractivity contribution < 1.29 is 9.59 Å². The van der Waals surface area contributed by atoms with E-state index in [0.29, 0.717) is 24.2 Å². The molecule has 1 amide bonds. The van der Waals surface area contributed by atoms with E-state index in [1.165, 1.54) is 5.57 Å². The largest absolute Gasteiger partial charge is 0.355 e. The van der Waals surface area contributed by atoms with Crippen molar-refractivity contribution >= 4 is 11.7 Å². The molecular formula is C18H23NO2. The normalized spacial score (nSPS) is 48.1. The van der Waals surface area contributed by atoms with E-state index in [-0.39, 0.29) is 22.5 Å². The number of carbonyl (C=O) groups is 2. The molecule has 5 atom stereocenters. The van der Waals surface area contributed by atoms with Crippen molar-refractivity contribution in [1.82, 2.24) is 5.32 Å². The van der Waals surface area contributed by atoms with Gasteiger partial charge in [0.1, 0.15) is 0 Å². The first-order chi connectivity index (χ1) is 9.95. The second kappa shape index (κ2) is 4.08. The van der Waals surface area contributed by atoms with E-state index in [2.05, 4.69) is 31.3 Å². The maximum absolute atomic E-state index is 12.2. The van der Waals surface area contributed by atoms with Crippen LogP contribution in [-0.4, -0.2) is 18.2 Å². The predicted octanol–water partition coefficient (Wildman–Crippen LogP) is 2.63. The van der Waals surface area contributed by atoms with Gasteiger partial charge in [-0.05, 0) is 54.1 Å². The molecule has 3 nitrogen and oxygen atoms in total. The van der Waals surface area contributed by atoms with Crippen molar-refractivity contribution in [2.24, 2.45) is 28.6 Å². The minimum absolute atomic E-state index is 0.125. The van der Waals surface area contributed by atoms with Crippen molar-refractivity contribution in [2.45, 2.75) is 39.5 Å². The van der Waals surface area contributed by atoms with Crippen molar-refractivity contribution in [3.63, 3.8) is 0 Å². The number of hydrogen-bond donors (Lipinski definition) is 1. The molecule has 4 aliphatic rings. The zero-order chi connectivity index (χ0) is 14.8. The third kappa shape index (κ3) is 1.60. The first-order valence-corrected chi connectivity index (χ1v) is 8.17. The highest BCUT2D eigenvalue weighted by atomic mass is 16.2. The zero-order valence-corrected chi connectivity index (χ0v) is 12.8. The van der Waals surface area contributed by atoms with Crippen LogP contribution in [0.1, 0.15) is 39.5 Å². The topological polar surface area (TPSA) is 46.2 Å². The van der Waals surface area contributed by atoms with Gasteiger partial charge in [-0.15, -0.1) is 0 Å². The van der Waals surface area contributed by atoms with E-state index in [4.69, 9.17) is 0 Å². The maximum atomic E-state index is 12.2. The standard InChI is InChI=1S/C18H23NO2/c1-17-7-5-12(20)9-11(17)3-4-13-14(17)6-8-18(2)15(13)10-19-16(18)21/h3-4,9,13-15H,5-8,10H2,1-2H3,(H,19,21)/t13-,14+,15+,17+,18+/m1/s1. The lowest BCUT2D eigenvalue weighted by atomic mass is 9.49. The van der Waals surface area contributed by atoms with Crippen molar-refractivity contribution in [1.29, 1.82) is 0 Å². The smallest absolute Gasteiger partial charge is 0.226 e. The Morgan fingerprint density at radius 1 is 1.14 bits per heavy atom. The van der Waals surface area contributed by atoms with Crippen LogP contribution in [0.15, 0.2) is 23.8 Å². The van der Waals surface area contributed by atoms with Gasteiger partial charge in [-0.3, -0.25) is 9.59 Å². The highest BCUT2D eigenvalue weighted by molar-refractivity contribution is 5.92. The summed E-state index contributed by atoms with van der Waals surface area (Å²) < 4.78 is 0. The van der Waals surface area contributed by atoms with E-state index < -0.39 is 0 Å². The van der Waals surface area contributed by atoms with Crippen LogP contribution < -0.4 is 5.32 Å². The lowest BCUT2D eigenvalue weighted by Gasteiger charge is -2.53. The first kappa shape index (κ1) is 13.3. The summed E-state index contributed by atoms with van der Waals surface area (Å²) in [7, 11) is 0. The lowest BCUT2D eigenvalue weighted by molar-refractivity contribution is -0.131. The highest BCUT2D eigenvalue weighted by Crippen LogP contribution is 2.60. The number of carbonyl (C=O) groups excluding carboxylic acids is 2. The Hall–Kier alpha value is -1.38. The molecule has 3 aliphatic carbocycles. The van der Waals surface area contributed by atoms with Gasteiger partial charge in [0.15, 0.2) is 5.78 Å². The fraction of sp³-hybridized carbons (Fsp3) is 0.667. The van der Waals surface area contributed by atoms with Crippen molar-refractivity contribution in [3.05, 3.63) is 23.8 Å². The van der Waals surface area contributed by atoms with Gasteiger partial charge in [-0.1, -0.05) is 26.0 Å². The molecule has 2 fully saturated rings. The van der Waals surface area contributed by atoms with Crippen LogP contribution in [-0.2, 0) is 9.59 Å². The minimum Gasteiger partial charge on any atom is -0.355 e. The van der Waals surface area contributed by atoms with Crippen molar-refractivity contribution in [3.8, 4) is 0 Å².